The molecule has 0 saturated carbocycles. The molecule has 0 spiro atoms. The van der Waals surface area contributed by atoms with Gasteiger partial charge < -0.3 is 9.64 Å². The van der Waals surface area contributed by atoms with Crippen LogP contribution in [0.15, 0.2) is 30.3 Å². The van der Waals surface area contributed by atoms with Crippen molar-refractivity contribution < 1.29 is 19.1 Å². The highest BCUT2D eigenvalue weighted by Crippen LogP contribution is 2.16. The quantitative estimate of drug-likeness (QED) is 0.639. The number of hydrogen-bond donors (Lipinski definition) is 1. The molecular formula is C13H14N2O4. The normalized spacial score (nSPS) is 18.4. The summed E-state index contributed by atoms with van der Waals surface area (Å²) >= 11 is 0. The van der Waals surface area contributed by atoms with E-state index in [4.69, 9.17) is 0 Å². The van der Waals surface area contributed by atoms with Gasteiger partial charge >= 0.3 is 12.0 Å². The van der Waals surface area contributed by atoms with E-state index in [1.807, 2.05) is 30.3 Å². The van der Waals surface area contributed by atoms with Crippen molar-refractivity contribution >= 4 is 17.9 Å². The van der Waals surface area contributed by atoms with Crippen LogP contribution >= 0.6 is 0 Å². The summed E-state index contributed by atoms with van der Waals surface area (Å²) in [7, 11) is 1.25. The number of ether oxygens (including phenoxy) is 1. The van der Waals surface area contributed by atoms with Gasteiger partial charge in [-0.3, -0.25) is 14.9 Å². The van der Waals surface area contributed by atoms with E-state index in [-0.39, 0.29) is 13.0 Å². The molecule has 19 heavy (non-hydrogen) atoms. The van der Waals surface area contributed by atoms with Gasteiger partial charge in [0.15, 0.2) is 0 Å². The summed E-state index contributed by atoms with van der Waals surface area (Å²) in [4.78, 5) is 36.0. The highest BCUT2D eigenvalue weighted by atomic mass is 16.5. The fraction of sp³-hybridized carbons (Fsp3) is 0.308. The molecule has 6 nitrogen and oxygen atoms in total. The Morgan fingerprint density at radius 1 is 1.32 bits per heavy atom. The fourth-order valence-electron chi connectivity index (χ4n) is 1.95. The number of hydrogen-bond acceptors (Lipinski definition) is 4. The molecule has 1 atom stereocenters. The zero-order chi connectivity index (χ0) is 13.8. The SMILES string of the molecule is COC(=O)CC1C(=O)NC(=O)N1Cc1ccccc1. The summed E-state index contributed by atoms with van der Waals surface area (Å²) < 4.78 is 4.54. The molecule has 1 aliphatic heterocycles. The Kier molecular flexibility index (Phi) is 3.79. The Balaban J connectivity index is 2.13. The van der Waals surface area contributed by atoms with Crippen LogP contribution < -0.4 is 5.32 Å². The Bertz CT molecular complexity index is 501. The second kappa shape index (κ2) is 5.51. The highest BCUT2D eigenvalue weighted by Gasteiger charge is 2.39. The Hall–Kier alpha value is -2.37. The van der Waals surface area contributed by atoms with Crippen LogP contribution in [0.4, 0.5) is 4.79 Å². The molecular weight excluding hydrogens is 248 g/mol. The summed E-state index contributed by atoms with van der Waals surface area (Å²) in [6, 6.07) is 7.98. The van der Waals surface area contributed by atoms with E-state index in [9.17, 15) is 14.4 Å². The third kappa shape index (κ3) is 2.90. The summed E-state index contributed by atoms with van der Waals surface area (Å²) in [5.74, 6) is -0.987. The number of nitrogens with one attached hydrogen (secondary N) is 1. The molecule has 1 aromatic rings. The number of rotatable bonds is 4. The predicted molar refractivity (Wildman–Crippen MR) is 65.9 cm³/mol. The van der Waals surface area contributed by atoms with Gasteiger partial charge in [-0.05, 0) is 5.56 Å². The minimum atomic E-state index is -0.805. The van der Waals surface area contributed by atoms with E-state index in [0.29, 0.717) is 0 Å². The minimum Gasteiger partial charge on any atom is -0.469 e. The molecule has 100 valence electrons. The van der Waals surface area contributed by atoms with Crippen molar-refractivity contribution in [2.24, 2.45) is 0 Å². The third-order valence-electron chi connectivity index (χ3n) is 2.95. The Labute approximate surface area is 110 Å². The number of methoxy groups -OCH3 is 1. The van der Waals surface area contributed by atoms with Crippen molar-refractivity contribution in [2.45, 2.75) is 19.0 Å². The zero-order valence-corrected chi connectivity index (χ0v) is 10.5. The fourth-order valence-corrected chi connectivity index (χ4v) is 1.95. The summed E-state index contributed by atoms with van der Waals surface area (Å²) in [6.07, 6.45) is -0.138. The number of nitrogens with zero attached hydrogens (tertiary/aromatic N) is 1. The molecule has 1 aliphatic rings. The smallest absolute Gasteiger partial charge is 0.325 e. The molecule has 0 radical (unpaired) electrons. The van der Waals surface area contributed by atoms with Crippen molar-refractivity contribution in [3.63, 3.8) is 0 Å². The molecule has 1 N–H and O–H groups in total. The van der Waals surface area contributed by atoms with E-state index in [2.05, 4.69) is 10.1 Å². The van der Waals surface area contributed by atoms with E-state index in [1.165, 1.54) is 12.0 Å². The first kappa shape index (κ1) is 13.1. The van der Waals surface area contributed by atoms with Crippen LogP contribution in [-0.4, -0.2) is 36.0 Å². The molecule has 6 heteroatoms. The lowest BCUT2D eigenvalue weighted by molar-refractivity contribution is -0.143. The lowest BCUT2D eigenvalue weighted by Gasteiger charge is -2.20. The maximum Gasteiger partial charge on any atom is 0.325 e. The molecule has 2 rings (SSSR count). The maximum atomic E-state index is 11.7. The first-order valence-corrected chi connectivity index (χ1v) is 5.84. The molecule has 1 saturated heterocycles. The van der Waals surface area contributed by atoms with Crippen LogP contribution in [0.5, 0.6) is 0 Å². The first-order chi connectivity index (χ1) is 9.11. The third-order valence-corrected chi connectivity index (χ3v) is 2.95. The first-order valence-electron chi connectivity index (χ1n) is 5.84. The lowest BCUT2D eigenvalue weighted by Crippen LogP contribution is -2.36. The largest absolute Gasteiger partial charge is 0.469 e. The topological polar surface area (TPSA) is 75.7 Å². The van der Waals surface area contributed by atoms with E-state index in [1.54, 1.807) is 0 Å². The van der Waals surface area contributed by atoms with Gasteiger partial charge in [-0.15, -0.1) is 0 Å². The van der Waals surface area contributed by atoms with Crippen LogP contribution in [0.1, 0.15) is 12.0 Å². The van der Waals surface area contributed by atoms with E-state index < -0.39 is 23.9 Å². The second-order valence-corrected chi connectivity index (χ2v) is 4.20. The molecule has 1 heterocycles. The standard InChI is InChI=1S/C13H14N2O4/c1-19-11(16)7-10-12(17)14-13(18)15(10)8-9-5-3-2-4-6-9/h2-6,10H,7-8H2,1H3,(H,14,17,18). The number of esters is 1. The van der Waals surface area contributed by atoms with Gasteiger partial charge in [-0.25, -0.2) is 4.79 Å². The summed E-state index contributed by atoms with van der Waals surface area (Å²) in [5, 5.41) is 2.21. The van der Waals surface area contributed by atoms with Gasteiger partial charge in [-0.2, -0.15) is 0 Å². The molecule has 1 unspecified atom stereocenters. The molecule has 1 fully saturated rings. The van der Waals surface area contributed by atoms with E-state index >= 15 is 0 Å². The number of benzene rings is 1. The Morgan fingerprint density at radius 3 is 2.63 bits per heavy atom. The summed E-state index contributed by atoms with van der Waals surface area (Å²) in [5.41, 5.74) is 0.891. The number of urea groups is 1. The second-order valence-electron chi connectivity index (χ2n) is 4.20. The van der Waals surface area contributed by atoms with Gasteiger partial charge in [0.2, 0.25) is 0 Å². The zero-order valence-electron chi connectivity index (χ0n) is 10.5. The predicted octanol–water partition coefficient (Wildman–Crippen LogP) is 0.670. The molecule has 3 amide bonds. The average molecular weight is 262 g/mol. The number of carbonyl (C=O) groups is 3. The van der Waals surface area contributed by atoms with E-state index in [0.717, 1.165) is 5.56 Å². The number of carbonyl (C=O) groups excluding carboxylic acids is 3. The highest BCUT2D eigenvalue weighted by molar-refractivity contribution is 6.05. The molecule has 0 aliphatic carbocycles. The molecule has 0 aromatic heterocycles. The van der Waals surface area contributed by atoms with Crippen molar-refractivity contribution in [1.29, 1.82) is 0 Å². The van der Waals surface area contributed by atoms with Crippen LogP contribution in [-0.2, 0) is 20.9 Å². The minimum absolute atomic E-state index is 0.138. The van der Waals surface area contributed by atoms with Crippen LogP contribution in [0, 0.1) is 0 Å². The van der Waals surface area contributed by atoms with Gasteiger partial charge in [-0.1, -0.05) is 30.3 Å². The van der Waals surface area contributed by atoms with Gasteiger partial charge in [0, 0.05) is 6.54 Å². The van der Waals surface area contributed by atoms with Crippen molar-refractivity contribution in [3.8, 4) is 0 Å². The van der Waals surface area contributed by atoms with Crippen molar-refractivity contribution in [1.82, 2.24) is 10.2 Å². The monoisotopic (exact) mass is 262 g/mol. The van der Waals surface area contributed by atoms with Crippen molar-refractivity contribution in [3.05, 3.63) is 35.9 Å². The number of imide groups is 1. The molecule has 1 aromatic carbocycles. The average Bonchev–Trinajstić information content (AvgIpc) is 2.67. The Morgan fingerprint density at radius 2 is 2.00 bits per heavy atom. The van der Waals surface area contributed by atoms with Crippen LogP contribution in [0.3, 0.4) is 0 Å². The van der Waals surface area contributed by atoms with Gasteiger partial charge in [0.25, 0.3) is 5.91 Å². The van der Waals surface area contributed by atoms with Crippen LogP contribution in [0.25, 0.3) is 0 Å². The molecule has 0 bridgehead atoms. The maximum absolute atomic E-state index is 11.7. The summed E-state index contributed by atoms with van der Waals surface area (Å²) in [6.45, 7) is 0.278. The van der Waals surface area contributed by atoms with Crippen molar-refractivity contribution in [2.75, 3.05) is 7.11 Å². The van der Waals surface area contributed by atoms with Gasteiger partial charge in [0.1, 0.15) is 6.04 Å². The number of amides is 3. The van der Waals surface area contributed by atoms with Gasteiger partial charge in [0.05, 0.1) is 13.5 Å². The van der Waals surface area contributed by atoms with Crippen LogP contribution in [0.2, 0.25) is 0 Å². The lowest BCUT2D eigenvalue weighted by atomic mass is 10.1.